The monoisotopic (exact) mass is 275 g/mol. The molecule has 6 heteroatoms. The first kappa shape index (κ1) is 11.9. The highest BCUT2D eigenvalue weighted by Crippen LogP contribution is 2.38. The summed E-state index contributed by atoms with van der Waals surface area (Å²) < 4.78 is 10.3. The summed E-state index contributed by atoms with van der Waals surface area (Å²) in [5, 5.41) is 0. The minimum Gasteiger partial charge on any atom is -0.496 e. The summed E-state index contributed by atoms with van der Waals surface area (Å²) in [6, 6.07) is 3.23. The van der Waals surface area contributed by atoms with Crippen LogP contribution in [0.3, 0.4) is 0 Å². The highest BCUT2D eigenvalue weighted by atomic mass is 32.1. The summed E-state index contributed by atoms with van der Waals surface area (Å²) in [5.41, 5.74) is 2.16. The Kier molecular flexibility index (Phi) is 2.60. The lowest BCUT2D eigenvalue weighted by atomic mass is 9.90. The lowest BCUT2D eigenvalue weighted by molar-refractivity contribution is 0.0974. The molecule has 0 amide bonds. The molecule has 0 bridgehead atoms. The molecular formula is C13H9NO4S. The maximum atomic E-state index is 12.4. The third-order valence-electron chi connectivity index (χ3n) is 3.01. The Balaban J connectivity index is 2.37. The number of thiazole rings is 1. The predicted octanol–water partition coefficient (Wildman–Crippen LogP) is 1.94. The van der Waals surface area contributed by atoms with Gasteiger partial charge in [-0.05, 0) is 12.1 Å². The maximum absolute atomic E-state index is 12.4. The fraction of sp³-hybridized carbons (Fsp3) is 0.154. The van der Waals surface area contributed by atoms with Crippen LogP contribution in [0.1, 0.15) is 31.3 Å². The number of methoxy groups -OCH3 is 2. The minimum absolute atomic E-state index is 0.189. The summed E-state index contributed by atoms with van der Waals surface area (Å²) in [5.74, 6) is 0.172. The van der Waals surface area contributed by atoms with Gasteiger partial charge in [-0.3, -0.25) is 9.59 Å². The Bertz CT molecular complexity index is 647. The molecule has 0 aliphatic heterocycles. The SMILES string of the molecule is COc1ccc(OC)c2c1C(=O)c1ncsc1C2=O. The largest absolute Gasteiger partial charge is 0.496 e. The van der Waals surface area contributed by atoms with Crippen LogP contribution in [0.2, 0.25) is 0 Å². The van der Waals surface area contributed by atoms with Gasteiger partial charge in [0.05, 0.1) is 30.9 Å². The van der Waals surface area contributed by atoms with E-state index < -0.39 is 0 Å². The molecule has 2 aromatic rings. The first-order valence-electron chi connectivity index (χ1n) is 5.47. The zero-order valence-corrected chi connectivity index (χ0v) is 11.0. The molecule has 1 heterocycles. The summed E-state index contributed by atoms with van der Waals surface area (Å²) in [6.45, 7) is 0. The second kappa shape index (κ2) is 4.17. The number of benzene rings is 1. The smallest absolute Gasteiger partial charge is 0.217 e. The zero-order valence-electron chi connectivity index (χ0n) is 10.2. The average molecular weight is 275 g/mol. The van der Waals surface area contributed by atoms with Gasteiger partial charge in [-0.2, -0.15) is 0 Å². The maximum Gasteiger partial charge on any atom is 0.217 e. The number of ether oxygens (including phenoxy) is 2. The molecular weight excluding hydrogens is 266 g/mol. The molecule has 1 aliphatic carbocycles. The van der Waals surface area contributed by atoms with Crippen LogP contribution in [0.4, 0.5) is 0 Å². The van der Waals surface area contributed by atoms with Crippen LogP contribution in [0.15, 0.2) is 17.6 Å². The van der Waals surface area contributed by atoms with Crippen molar-refractivity contribution in [1.82, 2.24) is 4.98 Å². The molecule has 0 spiro atoms. The molecule has 5 nitrogen and oxygen atoms in total. The molecule has 1 aliphatic rings. The van der Waals surface area contributed by atoms with E-state index in [0.717, 1.165) is 11.3 Å². The molecule has 19 heavy (non-hydrogen) atoms. The number of rotatable bonds is 2. The summed E-state index contributed by atoms with van der Waals surface area (Å²) in [7, 11) is 2.92. The summed E-state index contributed by atoms with van der Waals surface area (Å²) in [6.07, 6.45) is 0. The lowest BCUT2D eigenvalue weighted by Crippen LogP contribution is -2.21. The number of hydrogen-bond acceptors (Lipinski definition) is 6. The molecule has 0 saturated heterocycles. The van der Waals surface area contributed by atoms with Crippen molar-refractivity contribution < 1.29 is 19.1 Å². The van der Waals surface area contributed by atoms with Crippen LogP contribution >= 0.6 is 11.3 Å². The van der Waals surface area contributed by atoms with Crippen molar-refractivity contribution in [2.24, 2.45) is 0 Å². The third kappa shape index (κ3) is 1.50. The van der Waals surface area contributed by atoms with Gasteiger partial charge in [0.25, 0.3) is 0 Å². The van der Waals surface area contributed by atoms with E-state index in [0.29, 0.717) is 16.4 Å². The van der Waals surface area contributed by atoms with Gasteiger partial charge in [-0.15, -0.1) is 11.3 Å². The van der Waals surface area contributed by atoms with Gasteiger partial charge in [0.2, 0.25) is 11.6 Å². The van der Waals surface area contributed by atoms with E-state index in [2.05, 4.69) is 4.98 Å². The Morgan fingerprint density at radius 2 is 1.58 bits per heavy atom. The molecule has 0 radical (unpaired) electrons. The van der Waals surface area contributed by atoms with Crippen molar-refractivity contribution in [2.75, 3.05) is 14.2 Å². The molecule has 0 N–H and O–H groups in total. The highest BCUT2D eigenvalue weighted by molar-refractivity contribution is 7.12. The second-order valence-corrected chi connectivity index (χ2v) is 4.76. The van der Waals surface area contributed by atoms with Gasteiger partial charge in [-0.25, -0.2) is 4.98 Å². The first-order valence-corrected chi connectivity index (χ1v) is 6.34. The van der Waals surface area contributed by atoms with Crippen molar-refractivity contribution in [2.45, 2.75) is 0 Å². The van der Waals surface area contributed by atoms with Crippen LogP contribution in [-0.4, -0.2) is 30.8 Å². The second-order valence-electron chi connectivity index (χ2n) is 3.91. The average Bonchev–Trinajstić information content (AvgIpc) is 2.93. The molecule has 96 valence electrons. The van der Waals surface area contributed by atoms with Crippen molar-refractivity contribution in [3.63, 3.8) is 0 Å². The lowest BCUT2D eigenvalue weighted by Gasteiger charge is -2.18. The molecule has 0 fully saturated rings. The van der Waals surface area contributed by atoms with Crippen LogP contribution < -0.4 is 9.47 Å². The third-order valence-corrected chi connectivity index (χ3v) is 3.84. The number of carbonyl (C=O) groups is 2. The van der Waals surface area contributed by atoms with Crippen LogP contribution in [-0.2, 0) is 0 Å². The van der Waals surface area contributed by atoms with Crippen molar-refractivity contribution in [3.05, 3.63) is 39.3 Å². The Morgan fingerprint density at radius 1 is 1.00 bits per heavy atom. The minimum atomic E-state index is -0.304. The molecule has 0 saturated carbocycles. The summed E-state index contributed by atoms with van der Waals surface area (Å²) in [4.78, 5) is 29.2. The van der Waals surface area contributed by atoms with Crippen molar-refractivity contribution >= 4 is 22.9 Å². The highest BCUT2D eigenvalue weighted by Gasteiger charge is 2.37. The fourth-order valence-electron chi connectivity index (χ4n) is 2.16. The predicted molar refractivity (Wildman–Crippen MR) is 68.5 cm³/mol. The van der Waals surface area contributed by atoms with E-state index in [1.165, 1.54) is 19.7 Å². The van der Waals surface area contributed by atoms with Crippen LogP contribution in [0, 0.1) is 0 Å². The van der Waals surface area contributed by atoms with Gasteiger partial charge in [0.15, 0.2) is 0 Å². The number of ketones is 2. The molecule has 0 unspecified atom stereocenters. The van der Waals surface area contributed by atoms with Crippen molar-refractivity contribution in [1.29, 1.82) is 0 Å². The van der Waals surface area contributed by atoms with E-state index in [1.54, 1.807) is 12.1 Å². The topological polar surface area (TPSA) is 65.5 Å². The van der Waals surface area contributed by atoms with Gasteiger partial charge >= 0.3 is 0 Å². The first-order chi connectivity index (χ1) is 9.19. The Hall–Kier alpha value is -2.21. The van der Waals surface area contributed by atoms with Crippen molar-refractivity contribution in [3.8, 4) is 11.5 Å². The van der Waals surface area contributed by atoms with Gasteiger partial charge in [-0.1, -0.05) is 0 Å². The van der Waals surface area contributed by atoms with E-state index in [9.17, 15) is 9.59 Å². The molecule has 3 rings (SSSR count). The Morgan fingerprint density at radius 3 is 2.16 bits per heavy atom. The van der Waals surface area contributed by atoms with Gasteiger partial charge in [0, 0.05) is 0 Å². The quantitative estimate of drug-likeness (QED) is 0.715. The molecule has 1 aromatic heterocycles. The van der Waals surface area contributed by atoms with Gasteiger partial charge in [0.1, 0.15) is 22.1 Å². The summed E-state index contributed by atoms with van der Waals surface area (Å²) >= 11 is 1.16. The van der Waals surface area contributed by atoms with E-state index in [1.807, 2.05) is 0 Å². The number of fused-ring (bicyclic) bond motifs is 2. The van der Waals surface area contributed by atoms with Crippen LogP contribution in [0.5, 0.6) is 11.5 Å². The number of nitrogens with zero attached hydrogens (tertiary/aromatic N) is 1. The number of hydrogen-bond donors (Lipinski definition) is 0. The number of carbonyl (C=O) groups excluding carboxylic acids is 2. The number of aromatic nitrogens is 1. The van der Waals surface area contributed by atoms with E-state index >= 15 is 0 Å². The normalized spacial score (nSPS) is 12.9. The molecule has 1 aromatic carbocycles. The fourth-order valence-corrected chi connectivity index (χ4v) is 2.89. The van der Waals surface area contributed by atoms with Gasteiger partial charge < -0.3 is 9.47 Å². The molecule has 0 atom stereocenters. The van der Waals surface area contributed by atoms with E-state index in [-0.39, 0.29) is 28.4 Å². The Labute approximate surface area is 112 Å². The van der Waals surface area contributed by atoms with E-state index in [4.69, 9.17) is 9.47 Å². The van der Waals surface area contributed by atoms with Crippen LogP contribution in [0.25, 0.3) is 0 Å². The zero-order chi connectivity index (χ0) is 13.6. The standard InChI is InChI=1S/C13H9NO4S/c1-17-6-3-4-7(18-2)9-8(6)11(15)10-13(12(9)16)19-5-14-10/h3-5H,1-2H3.